The van der Waals surface area contributed by atoms with Crippen LogP contribution in [0.3, 0.4) is 0 Å². The topological polar surface area (TPSA) is 68.3 Å². The third-order valence-corrected chi connectivity index (χ3v) is 6.20. The van der Waals surface area contributed by atoms with Gasteiger partial charge in [0.05, 0.1) is 29.5 Å². The van der Waals surface area contributed by atoms with Crippen molar-refractivity contribution in [3.8, 4) is 0 Å². The van der Waals surface area contributed by atoms with E-state index in [1.807, 2.05) is 42.5 Å². The van der Waals surface area contributed by atoms with Crippen molar-refractivity contribution < 1.29 is 9.21 Å². The average Bonchev–Trinajstić information content (AvgIpc) is 3.33. The summed E-state index contributed by atoms with van der Waals surface area (Å²) in [6.07, 6.45) is 3.27. The molecule has 7 heteroatoms. The van der Waals surface area contributed by atoms with E-state index in [-0.39, 0.29) is 17.2 Å². The molecule has 0 unspecified atom stereocenters. The summed E-state index contributed by atoms with van der Waals surface area (Å²) in [7, 11) is 1.74. The summed E-state index contributed by atoms with van der Waals surface area (Å²) in [4.78, 5) is 32.2. The second kappa shape index (κ2) is 10.3. The van der Waals surface area contributed by atoms with Crippen LogP contribution in [0.15, 0.2) is 87.4 Å². The normalized spacial score (nSPS) is 11.0. The van der Waals surface area contributed by atoms with Gasteiger partial charge < -0.3 is 9.32 Å². The van der Waals surface area contributed by atoms with Crippen molar-refractivity contribution in [1.29, 1.82) is 0 Å². The van der Waals surface area contributed by atoms with Gasteiger partial charge in [0.1, 0.15) is 5.76 Å². The number of carbonyl (C=O) groups is 1. The van der Waals surface area contributed by atoms with Gasteiger partial charge in [-0.1, -0.05) is 54.2 Å². The first-order valence-electron chi connectivity index (χ1n) is 10.5. The molecule has 0 saturated heterocycles. The zero-order valence-electron chi connectivity index (χ0n) is 17.9. The lowest BCUT2D eigenvalue weighted by atomic mass is 10.1. The van der Waals surface area contributed by atoms with Crippen LogP contribution in [0.1, 0.15) is 17.7 Å². The fourth-order valence-electron chi connectivity index (χ4n) is 3.50. The Morgan fingerprint density at radius 1 is 1.06 bits per heavy atom. The van der Waals surface area contributed by atoms with E-state index >= 15 is 0 Å². The van der Waals surface area contributed by atoms with Gasteiger partial charge in [-0.2, -0.15) is 0 Å². The highest BCUT2D eigenvalue weighted by molar-refractivity contribution is 7.99. The monoisotopic (exact) mass is 447 g/mol. The number of thioether (sulfide) groups is 1. The second-order valence-corrected chi connectivity index (χ2v) is 8.52. The maximum absolute atomic E-state index is 13.2. The molecular weight excluding hydrogens is 422 g/mol. The number of benzene rings is 2. The SMILES string of the molecule is CN(Cc1ccco1)C(=O)CSc1nc2ccccc2c(=O)n1CCCc1ccccc1. The summed E-state index contributed by atoms with van der Waals surface area (Å²) < 4.78 is 7.03. The molecule has 0 saturated carbocycles. The number of nitrogens with zero attached hydrogens (tertiary/aromatic N) is 3. The van der Waals surface area contributed by atoms with Gasteiger partial charge in [-0.3, -0.25) is 14.2 Å². The van der Waals surface area contributed by atoms with Gasteiger partial charge in [-0.25, -0.2) is 4.98 Å². The second-order valence-electron chi connectivity index (χ2n) is 7.58. The Bertz CT molecular complexity index is 1240. The fourth-order valence-corrected chi connectivity index (χ4v) is 4.47. The predicted molar refractivity (Wildman–Crippen MR) is 127 cm³/mol. The first kappa shape index (κ1) is 21.9. The highest BCUT2D eigenvalue weighted by Crippen LogP contribution is 2.19. The average molecular weight is 448 g/mol. The Labute approximate surface area is 190 Å². The predicted octanol–water partition coefficient (Wildman–Crippen LogP) is 4.37. The molecule has 2 heterocycles. The molecule has 0 bridgehead atoms. The highest BCUT2D eigenvalue weighted by Gasteiger charge is 2.16. The zero-order chi connectivity index (χ0) is 22.3. The molecule has 32 heavy (non-hydrogen) atoms. The van der Waals surface area contributed by atoms with Crippen molar-refractivity contribution in [2.24, 2.45) is 0 Å². The van der Waals surface area contributed by atoms with Crippen molar-refractivity contribution >= 4 is 28.6 Å². The van der Waals surface area contributed by atoms with E-state index in [4.69, 9.17) is 9.40 Å². The van der Waals surface area contributed by atoms with Crippen LogP contribution < -0.4 is 5.56 Å². The van der Waals surface area contributed by atoms with Crippen molar-refractivity contribution in [2.45, 2.75) is 31.1 Å². The molecule has 0 aliphatic rings. The van der Waals surface area contributed by atoms with Crippen LogP contribution in [0.25, 0.3) is 10.9 Å². The molecule has 164 valence electrons. The number of aryl methyl sites for hydroxylation is 1. The number of carbonyl (C=O) groups excluding carboxylic acids is 1. The Kier molecular flexibility index (Phi) is 7.07. The number of hydrogen-bond donors (Lipinski definition) is 0. The molecule has 0 atom stereocenters. The van der Waals surface area contributed by atoms with Crippen molar-refractivity contribution in [3.63, 3.8) is 0 Å². The van der Waals surface area contributed by atoms with Gasteiger partial charge in [0.25, 0.3) is 5.56 Å². The smallest absolute Gasteiger partial charge is 0.262 e. The van der Waals surface area contributed by atoms with E-state index < -0.39 is 0 Å². The molecule has 2 aromatic carbocycles. The first-order chi connectivity index (χ1) is 15.6. The molecule has 6 nitrogen and oxygen atoms in total. The molecule has 2 aromatic heterocycles. The molecule has 0 aliphatic heterocycles. The number of hydrogen-bond acceptors (Lipinski definition) is 5. The molecule has 0 spiro atoms. The van der Waals surface area contributed by atoms with Crippen molar-refractivity contribution in [3.05, 3.63) is 94.7 Å². The molecule has 1 amide bonds. The maximum atomic E-state index is 13.2. The minimum atomic E-state index is -0.0671. The van der Waals surface area contributed by atoms with Gasteiger partial charge >= 0.3 is 0 Å². The minimum Gasteiger partial charge on any atom is -0.467 e. The largest absolute Gasteiger partial charge is 0.467 e. The van der Waals surface area contributed by atoms with Crippen LogP contribution in [-0.4, -0.2) is 33.2 Å². The Morgan fingerprint density at radius 2 is 1.84 bits per heavy atom. The third-order valence-electron chi connectivity index (χ3n) is 5.24. The van der Waals surface area contributed by atoms with Crippen LogP contribution in [0.2, 0.25) is 0 Å². The summed E-state index contributed by atoms with van der Waals surface area (Å²) in [6, 6.07) is 21.2. The molecule has 0 fully saturated rings. The number of para-hydroxylation sites is 1. The van der Waals surface area contributed by atoms with E-state index in [2.05, 4.69) is 12.1 Å². The van der Waals surface area contributed by atoms with Crippen molar-refractivity contribution in [1.82, 2.24) is 14.5 Å². The molecule has 0 aliphatic carbocycles. The highest BCUT2D eigenvalue weighted by atomic mass is 32.2. The number of fused-ring (bicyclic) bond motifs is 1. The standard InChI is InChI=1S/C25H25N3O3S/c1-27(17-20-12-8-16-31-20)23(29)18-32-25-26-22-14-6-5-13-21(22)24(30)28(25)15-7-11-19-9-3-2-4-10-19/h2-6,8-10,12-14,16H,7,11,15,17-18H2,1H3. The summed E-state index contributed by atoms with van der Waals surface area (Å²) in [5.74, 6) is 0.873. The first-order valence-corrected chi connectivity index (χ1v) is 11.5. The van der Waals surface area contributed by atoms with E-state index in [0.29, 0.717) is 29.1 Å². The van der Waals surface area contributed by atoms with E-state index in [1.165, 1.54) is 17.3 Å². The van der Waals surface area contributed by atoms with Crippen molar-refractivity contribution in [2.75, 3.05) is 12.8 Å². The maximum Gasteiger partial charge on any atom is 0.262 e. The van der Waals surface area contributed by atoms with Gasteiger partial charge in [-0.05, 0) is 42.7 Å². The summed E-state index contributed by atoms with van der Waals surface area (Å²) in [6.45, 7) is 0.950. The number of rotatable bonds is 9. The summed E-state index contributed by atoms with van der Waals surface area (Å²) in [5.41, 5.74) is 1.82. The van der Waals surface area contributed by atoms with Gasteiger partial charge in [0.2, 0.25) is 5.91 Å². The summed E-state index contributed by atoms with van der Waals surface area (Å²) in [5, 5.41) is 1.17. The van der Waals surface area contributed by atoms with E-state index in [1.54, 1.807) is 34.9 Å². The Balaban J connectivity index is 1.50. The van der Waals surface area contributed by atoms with E-state index in [0.717, 1.165) is 18.6 Å². The van der Waals surface area contributed by atoms with Crippen LogP contribution in [0, 0.1) is 0 Å². The van der Waals surface area contributed by atoms with Crippen LogP contribution in [-0.2, 0) is 24.3 Å². The third kappa shape index (κ3) is 5.29. The number of furan rings is 1. The van der Waals surface area contributed by atoms with E-state index in [9.17, 15) is 9.59 Å². The summed E-state index contributed by atoms with van der Waals surface area (Å²) >= 11 is 1.30. The molecule has 0 radical (unpaired) electrons. The van der Waals surface area contributed by atoms with Gasteiger partial charge in [0, 0.05) is 13.6 Å². The van der Waals surface area contributed by atoms with Crippen LogP contribution >= 0.6 is 11.8 Å². The molecular formula is C25H25N3O3S. The number of amides is 1. The minimum absolute atomic E-state index is 0.0513. The van der Waals surface area contributed by atoms with Crippen LogP contribution in [0.4, 0.5) is 0 Å². The molecule has 4 rings (SSSR count). The Hall–Kier alpha value is -3.32. The fraction of sp³-hybridized carbons (Fsp3) is 0.240. The lowest BCUT2D eigenvalue weighted by molar-refractivity contribution is -0.127. The van der Waals surface area contributed by atoms with Gasteiger partial charge in [0.15, 0.2) is 5.16 Å². The lowest BCUT2D eigenvalue weighted by Crippen LogP contribution is -2.28. The lowest BCUT2D eigenvalue weighted by Gasteiger charge is -2.17. The van der Waals surface area contributed by atoms with Gasteiger partial charge in [-0.15, -0.1) is 0 Å². The molecule has 0 N–H and O–H groups in total. The molecule has 4 aromatic rings. The number of aromatic nitrogens is 2. The quantitative estimate of drug-likeness (QED) is 0.281. The van der Waals surface area contributed by atoms with Crippen LogP contribution in [0.5, 0.6) is 0 Å². The zero-order valence-corrected chi connectivity index (χ0v) is 18.8. The Morgan fingerprint density at radius 3 is 2.62 bits per heavy atom.